The van der Waals surface area contributed by atoms with Crippen molar-refractivity contribution >= 4 is 0 Å². The van der Waals surface area contributed by atoms with Crippen molar-refractivity contribution in [2.24, 2.45) is 11.3 Å². The first kappa shape index (κ1) is 10.0. The smallest absolute Gasteiger partial charge is 0.00697 e. The molecule has 0 aromatic rings. The van der Waals surface area contributed by atoms with E-state index in [1.54, 1.807) is 0 Å². The van der Waals surface area contributed by atoms with E-state index in [-0.39, 0.29) is 0 Å². The molecule has 72 valence electrons. The molecule has 0 aliphatic heterocycles. The molecule has 1 nitrogen and oxygen atoms in total. The number of hydrogen-bond donors (Lipinski definition) is 1. The fourth-order valence-electron chi connectivity index (χ4n) is 2.38. The molecule has 1 N–H and O–H groups in total. The van der Waals surface area contributed by atoms with Crippen molar-refractivity contribution in [2.45, 2.75) is 59.5 Å². The summed E-state index contributed by atoms with van der Waals surface area (Å²) in [5.74, 6) is 0.919. The molecule has 0 bridgehead atoms. The quantitative estimate of drug-likeness (QED) is 0.685. The second-order valence-electron chi connectivity index (χ2n) is 5.44. The molecule has 1 unspecified atom stereocenters. The lowest BCUT2D eigenvalue weighted by atomic mass is 9.62. The molecule has 0 saturated heterocycles. The van der Waals surface area contributed by atoms with Crippen LogP contribution in [0.25, 0.3) is 0 Å². The lowest BCUT2D eigenvalue weighted by molar-refractivity contribution is 0.0673. The molecular formula is C11H23N. The summed E-state index contributed by atoms with van der Waals surface area (Å²) in [5, 5.41) is 3.58. The average molecular weight is 169 g/mol. The standard InChI is InChI=1S/C11H23N/c1-8(2)12-9(3)10-6-11(4,5)7-10/h8-10,12H,6-7H2,1-5H3. The van der Waals surface area contributed by atoms with Gasteiger partial charge in [0.2, 0.25) is 0 Å². The van der Waals surface area contributed by atoms with Crippen LogP contribution in [0.5, 0.6) is 0 Å². The van der Waals surface area contributed by atoms with Crippen molar-refractivity contribution in [3.8, 4) is 0 Å². The van der Waals surface area contributed by atoms with Crippen molar-refractivity contribution in [3.63, 3.8) is 0 Å². The Hall–Kier alpha value is -0.0400. The molecule has 0 heterocycles. The Morgan fingerprint density at radius 3 is 2.00 bits per heavy atom. The Bertz CT molecular complexity index is 138. The molecule has 1 heteroatoms. The molecule has 1 saturated carbocycles. The third-order valence-corrected chi connectivity index (χ3v) is 2.93. The lowest BCUT2D eigenvalue weighted by Gasteiger charge is -2.46. The molecule has 0 spiro atoms. The fourth-order valence-corrected chi connectivity index (χ4v) is 2.38. The van der Waals surface area contributed by atoms with Gasteiger partial charge in [-0.15, -0.1) is 0 Å². The van der Waals surface area contributed by atoms with Crippen molar-refractivity contribution in [1.29, 1.82) is 0 Å². The molecule has 1 rings (SSSR count). The van der Waals surface area contributed by atoms with Crippen LogP contribution in [0.15, 0.2) is 0 Å². The number of hydrogen-bond acceptors (Lipinski definition) is 1. The van der Waals surface area contributed by atoms with Crippen molar-refractivity contribution in [2.75, 3.05) is 0 Å². The minimum atomic E-state index is 0.623. The van der Waals surface area contributed by atoms with Gasteiger partial charge in [0.15, 0.2) is 0 Å². The van der Waals surface area contributed by atoms with Gasteiger partial charge in [-0.25, -0.2) is 0 Å². The van der Waals surface area contributed by atoms with Crippen LogP contribution in [0.1, 0.15) is 47.5 Å². The van der Waals surface area contributed by atoms with Gasteiger partial charge in [0, 0.05) is 12.1 Å². The Kier molecular flexibility index (Phi) is 2.82. The Morgan fingerprint density at radius 1 is 1.17 bits per heavy atom. The third kappa shape index (κ3) is 2.48. The Balaban J connectivity index is 2.23. The maximum absolute atomic E-state index is 3.58. The van der Waals surface area contributed by atoms with E-state index in [0.29, 0.717) is 17.5 Å². The minimum Gasteiger partial charge on any atom is -0.312 e. The summed E-state index contributed by atoms with van der Waals surface area (Å²) >= 11 is 0. The zero-order chi connectivity index (χ0) is 9.35. The minimum absolute atomic E-state index is 0.623. The summed E-state index contributed by atoms with van der Waals surface area (Å²) in [6, 6.07) is 1.33. The summed E-state index contributed by atoms with van der Waals surface area (Å²) in [6.07, 6.45) is 2.79. The average Bonchev–Trinajstić information content (AvgIpc) is 1.80. The molecule has 1 aliphatic carbocycles. The van der Waals surface area contributed by atoms with Gasteiger partial charge in [-0.1, -0.05) is 27.7 Å². The molecular weight excluding hydrogens is 146 g/mol. The molecule has 0 radical (unpaired) electrons. The normalized spacial score (nSPS) is 25.5. The van der Waals surface area contributed by atoms with Crippen LogP contribution in [0.2, 0.25) is 0 Å². The van der Waals surface area contributed by atoms with Gasteiger partial charge in [0.05, 0.1) is 0 Å². The highest BCUT2D eigenvalue weighted by atomic mass is 14.9. The van der Waals surface area contributed by atoms with Gasteiger partial charge in [-0.05, 0) is 31.1 Å². The first-order chi connectivity index (χ1) is 5.41. The van der Waals surface area contributed by atoms with Gasteiger partial charge in [0.25, 0.3) is 0 Å². The van der Waals surface area contributed by atoms with E-state index in [9.17, 15) is 0 Å². The monoisotopic (exact) mass is 169 g/mol. The van der Waals surface area contributed by atoms with Crippen LogP contribution in [0.3, 0.4) is 0 Å². The van der Waals surface area contributed by atoms with Crippen LogP contribution in [-0.2, 0) is 0 Å². The van der Waals surface area contributed by atoms with Crippen LogP contribution in [-0.4, -0.2) is 12.1 Å². The molecule has 1 aliphatic rings. The van der Waals surface area contributed by atoms with Gasteiger partial charge >= 0.3 is 0 Å². The summed E-state index contributed by atoms with van der Waals surface area (Å²) < 4.78 is 0. The van der Waals surface area contributed by atoms with Gasteiger partial charge in [0.1, 0.15) is 0 Å². The second-order valence-corrected chi connectivity index (χ2v) is 5.44. The second kappa shape index (κ2) is 3.37. The van der Waals surface area contributed by atoms with E-state index >= 15 is 0 Å². The largest absolute Gasteiger partial charge is 0.312 e. The van der Waals surface area contributed by atoms with Crippen LogP contribution < -0.4 is 5.32 Å². The van der Waals surface area contributed by atoms with Crippen LogP contribution in [0, 0.1) is 11.3 Å². The molecule has 1 atom stereocenters. The highest BCUT2D eigenvalue weighted by Crippen LogP contribution is 2.46. The highest BCUT2D eigenvalue weighted by molar-refractivity contribution is 4.91. The molecule has 12 heavy (non-hydrogen) atoms. The van der Waals surface area contributed by atoms with E-state index < -0.39 is 0 Å². The van der Waals surface area contributed by atoms with E-state index in [4.69, 9.17) is 0 Å². The third-order valence-electron chi connectivity index (χ3n) is 2.93. The number of rotatable bonds is 3. The first-order valence-corrected chi connectivity index (χ1v) is 5.17. The van der Waals surface area contributed by atoms with Gasteiger partial charge < -0.3 is 5.32 Å². The first-order valence-electron chi connectivity index (χ1n) is 5.17. The summed E-state index contributed by atoms with van der Waals surface area (Å²) in [4.78, 5) is 0. The number of nitrogens with one attached hydrogen (secondary N) is 1. The lowest BCUT2D eigenvalue weighted by Crippen LogP contribution is -2.46. The molecule has 1 fully saturated rings. The summed E-state index contributed by atoms with van der Waals surface area (Å²) in [6.45, 7) is 11.5. The fraction of sp³-hybridized carbons (Fsp3) is 1.00. The highest BCUT2D eigenvalue weighted by Gasteiger charge is 2.38. The molecule has 0 amide bonds. The SMILES string of the molecule is CC(C)NC(C)C1CC(C)(C)C1. The maximum Gasteiger partial charge on any atom is 0.00697 e. The Labute approximate surface area is 76.9 Å². The molecule has 0 aromatic heterocycles. The Morgan fingerprint density at radius 2 is 1.67 bits per heavy atom. The predicted octanol–water partition coefficient (Wildman–Crippen LogP) is 2.81. The zero-order valence-corrected chi connectivity index (χ0v) is 9.15. The maximum atomic E-state index is 3.58. The van der Waals surface area contributed by atoms with Gasteiger partial charge in [-0.3, -0.25) is 0 Å². The topological polar surface area (TPSA) is 12.0 Å². The van der Waals surface area contributed by atoms with Crippen molar-refractivity contribution in [1.82, 2.24) is 5.32 Å². The summed E-state index contributed by atoms with van der Waals surface area (Å²) in [5.41, 5.74) is 0.623. The predicted molar refractivity (Wildman–Crippen MR) is 54.2 cm³/mol. The molecule has 0 aromatic carbocycles. The van der Waals surface area contributed by atoms with Crippen molar-refractivity contribution < 1.29 is 0 Å². The van der Waals surface area contributed by atoms with E-state index in [1.807, 2.05) is 0 Å². The zero-order valence-electron chi connectivity index (χ0n) is 9.15. The van der Waals surface area contributed by atoms with E-state index in [1.165, 1.54) is 12.8 Å². The summed E-state index contributed by atoms with van der Waals surface area (Å²) in [7, 11) is 0. The van der Waals surface area contributed by atoms with E-state index in [0.717, 1.165) is 5.92 Å². The van der Waals surface area contributed by atoms with E-state index in [2.05, 4.69) is 39.9 Å². The van der Waals surface area contributed by atoms with Crippen LogP contribution >= 0.6 is 0 Å². The van der Waals surface area contributed by atoms with Crippen molar-refractivity contribution in [3.05, 3.63) is 0 Å². The van der Waals surface area contributed by atoms with Crippen LogP contribution in [0.4, 0.5) is 0 Å². The van der Waals surface area contributed by atoms with Gasteiger partial charge in [-0.2, -0.15) is 0 Å².